The van der Waals surface area contributed by atoms with Gasteiger partial charge in [-0.1, -0.05) is 18.2 Å². The highest BCUT2D eigenvalue weighted by Crippen LogP contribution is 2.32. The van der Waals surface area contributed by atoms with E-state index in [2.05, 4.69) is 0 Å². The van der Waals surface area contributed by atoms with Gasteiger partial charge in [-0.15, -0.1) is 0 Å². The number of hydrogen-bond acceptors (Lipinski definition) is 3. The van der Waals surface area contributed by atoms with E-state index in [1.54, 1.807) is 9.80 Å². The Kier molecular flexibility index (Phi) is 5.98. The standard InChI is InChI=1S/C18H20F4N2O3/c19-15(20)9-27-10-16(25)23-7-12-6-5-11(23)8-24(12)18(26)14-4-2-1-3-13(14)17(21)22/h1-4,11-12,15,17H,5-10H2. The lowest BCUT2D eigenvalue weighted by atomic mass is 9.89. The van der Waals surface area contributed by atoms with E-state index in [9.17, 15) is 27.2 Å². The van der Waals surface area contributed by atoms with Crippen molar-refractivity contribution in [1.82, 2.24) is 9.80 Å². The Morgan fingerprint density at radius 3 is 2.26 bits per heavy atom. The quantitative estimate of drug-likeness (QED) is 0.705. The number of carbonyl (C=O) groups excluding carboxylic acids is 2. The molecule has 0 saturated carbocycles. The summed E-state index contributed by atoms with van der Waals surface area (Å²) in [4.78, 5) is 28.1. The van der Waals surface area contributed by atoms with Crippen molar-refractivity contribution in [2.75, 3.05) is 26.3 Å². The van der Waals surface area contributed by atoms with Crippen molar-refractivity contribution < 1.29 is 31.9 Å². The minimum Gasteiger partial charge on any atom is -0.366 e. The van der Waals surface area contributed by atoms with E-state index in [0.29, 0.717) is 12.8 Å². The van der Waals surface area contributed by atoms with Gasteiger partial charge < -0.3 is 14.5 Å². The molecule has 0 spiro atoms. The van der Waals surface area contributed by atoms with Crippen LogP contribution in [-0.2, 0) is 9.53 Å². The molecule has 1 aromatic carbocycles. The van der Waals surface area contributed by atoms with E-state index < -0.39 is 37.9 Å². The van der Waals surface area contributed by atoms with Gasteiger partial charge in [-0.3, -0.25) is 9.59 Å². The maximum absolute atomic E-state index is 13.2. The highest BCUT2D eigenvalue weighted by molar-refractivity contribution is 5.96. The molecule has 1 aromatic rings. The number of nitrogens with zero attached hydrogens (tertiary/aromatic N) is 2. The van der Waals surface area contributed by atoms with Crippen molar-refractivity contribution >= 4 is 11.8 Å². The zero-order chi connectivity index (χ0) is 19.6. The summed E-state index contributed by atoms with van der Waals surface area (Å²) in [5, 5.41) is 0. The van der Waals surface area contributed by atoms with Crippen LogP contribution in [0.4, 0.5) is 17.6 Å². The normalized spacial score (nSPS) is 22.0. The molecule has 0 aliphatic carbocycles. The topological polar surface area (TPSA) is 49.9 Å². The van der Waals surface area contributed by atoms with Crippen LogP contribution < -0.4 is 0 Å². The fraction of sp³-hybridized carbons (Fsp3) is 0.556. The number of rotatable bonds is 6. The van der Waals surface area contributed by atoms with Crippen LogP contribution in [0.2, 0.25) is 0 Å². The molecule has 148 valence electrons. The van der Waals surface area contributed by atoms with Gasteiger partial charge in [0.25, 0.3) is 18.8 Å². The Bertz CT molecular complexity index is 701. The van der Waals surface area contributed by atoms with Gasteiger partial charge in [-0.05, 0) is 18.9 Å². The Hall–Kier alpha value is -2.16. The van der Waals surface area contributed by atoms with Crippen LogP contribution in [0.3, 0.4) is 0 Å². The fourth-order valence-corrected chi connectivity index (χ4v) is 3.74. The number of amides is 2. The number of hydrogen-bond donors (Lipinski definition) is 0. The molecule has 27 heavy (non-hydrogen) atoms. The summed E-state index contributed by atoms with van der Waals surface area (Å²) < 4.78 is 55.3. The molecule has 2 bridgehead atoms. The third-order valence-electron chi connectivity index (χ3n) is 5.01. The van der Waals surface area contributed by atoms with Crippen molar-refractivity contribution in [2.24, 2.45) is 0 Å². The van der Waals surface area contributed by atoms with Crippen LogP contribution in [0.1, 0.15) is 35.2 Å². The summed E-state index contributed by atoms with van der Waals surface area (Å²) in [5.74, 6) is -0.868. The van der Waals surface area contributed by atoms with Crippen LogP contribution in [0, 0.1) is 0 Å². The minimum absolute atomic E-state index is 0.0295. The van der Waals surface area contributed by atoms with E-state index in [1.807, 2.05) is 0 Å². The van der Waals surface area contributed by atoms with Gasteiger partial charge in [0.05, 0.1) is 0 Å². The van der Waals surface area contributed by atoms with Crippen LogP contribution in [0.25, 0.3) is 0 Å². The predicted octanol–water partition coefficient (Wildman–Crippen LogP) is 2.72. The molecule has 5 nitrogen and oxygen atoms in total. The lowest BCUT2D eigenvalue weighted by Crippen LogP contribution is -2.65. The first-order valence-corrected chi connectivity index (χ1v) is 8.72. The van der Waals surface area contributed by atoms with Gasteiger partial charge in [-0.2, -0.15) is 0 Å². The molecule has 3 aliphatic heterocycles. The molecule has 4 rings (SSSR count). The molecular formula is C18H20F4N2O3. The molecule has 9 heteroatoms. The molecular weight excluding hydrogens is 368 g/mol. The highest BCUT2D eigenvalue weighted by Gasteiger charge is 2.43. The number of halogens is 4. The maximum Gasteiger partial charge on any atom is 0.264 e. The minimum atomic E-state index is -2.75. The van der Waals surface area contributed by atoms with Crippen molar-refractivity contribution in [3.63, 3.8) is 0 Å². The second-order valence-corrected chi connectivity index (χ2v) is 6.68. The van der Waals surface area contributed by atoms with Crippen molar-refractivity contribution in [3.8, 4) is 0 Å². The summed E-state index contributed by atoms with van der Waals surface area (Å²) >= 11 is 0. The second-order valence-electron chi connectivity index (χ2n) is 6.68. The van der Waals surface area contributed by atoms with Crippen molar-refractivity contribution in [1.29, 1.82) is 0 Å². The molecule has 3 aliphatic rings. The largest absolute Gasteiger partial charge is 0.366 e. The van der Waals surface area contributed by atoms with Gasteiger partial charge in [0.15, 0.2) is 0 Å². The first-order chi connectivity index (χ1) is 12.9. The monoisotopic (exact) mass is 388 g/mol. The highest BCUT2D eigenvalue weighted by atomic mass is 19.3. The van der Waals surface area contributed by atoms with E-state index in [4.69, 9.17) is 4.74 Å². The molecule has 3 saturated heterocycles. The van der Waals surface area contributed by atoms with E-state index in [0.717, 1.165) is 0 Å². The SMILES string of the molecule is O=C(COCC(F)F)N1CC2CCC1CN2C(=O)c1ccccc1C(F)F. The summed E-state index contributed by atoms with van der Waals surface area (Å²) in [6.07, 6.45) is -4.06. The average molecular weight is 388 g/mol. The Morgan fingerprint density at radius 1 is 1.04 bits per heavy atom. The zero-order valence-electron chi connectivity index (χ0n) is 14.5. The number of alkyl halides is 4. The number of benzene rings is 1. The van der Waals surface area contributed by atoms with Crippen LogP contribution in [0.15, 0.2) is 24.3 Å². The molecule has 2 unspecified atom stereocenters. The Morgan fingerprint density at radius 2 is 1.67 bits per heavy atom. The zero-order valence-corrected chi connectivity index (χ0v) is 14.5. The average Bonchev–Trinajstić information content (AvgIpc) is 2.67. The molecule has 0 N–H and O–H groups in total. The van der Waals surface area contributed by atoms with Crippen molar-refractivity contribution in [2.45, 2.75) is 37.8 Å². The summed E-state index contributed by atoms with van der Waals surface area (Å²) in [6, 6.07) is 5.06. The third kappa shape index (κ3) is 4.23. The summed E-state index contributed by atoms with van der Waals surface area (Å²) in [5.41, 5.74) is -0.338. The number of piperidine rings is 2. The van der Waals surface area contributed by atoms with Crippen molar-refractivity contribution in [3.05, 3.63) is 35.4 Å². The second kappa shape index (κ2) is 8.24. The van der Waals surface area contributed by atoms with Gasteiger partial charge in [-0.25, -0.2) is 17.6 Å². The number of fused-ring (bicyclic) bond motifs is 3. The van der Waals surface area contributed by atoms with Gasteiger partial charge in [0.1, 0.15) is 13.2 Å². The maximum atomic E-state index is 13.2. The first kappa shape index (κ1) is 19.6. The first-order valence-electron chi connectivity index (χ1n) is 8.72. The van der Waals surface area contributed by atoms with Crippen LogP contribution in [0.5, 0.6) is 0 Å². The summed E-state index contributed by atoms with van der Waals surface area (Å²) in [7, 11) is 0. The lowest BCUT2D eigenvalue weighted by molar-refractivity contribution is -0.146. The van der Waals surface area contributed by atoms with Crippen LogP contribution >= 0.6 is 0 Å². The number of ether oxygens (including phenoxy) is 1. The van der Waals surface area contributed by atoms with Crippen LogP contribution in [-0.4, -0.2) is 66.4 Å². The molecule has 2 amide bonds. The Labute approximate surface area is 153 Å². The van der Waals surface area contributed by atoms with E-state index in [1.165, 1.54) is 24.3 Å². The molecule has 3 fully saturated rings. The lowest BCUT2D eigenvalue weighted by Gasteiger charge is -2.51. The van der Waals surface area contributed by atoms with Gasteiger partial charge >= 0.3 is 0 Å². The molecule has 0 radical (unpaired) electrons. The molecule has 3 heterocycles. The van der Waals surface area contributed by atoms with Gasteiger partial charge in [0.2, 0.25) is 5.91 Å². The fourth-order valence-electron chi connectivity index (χ4n) is 3.74. The van der Waals surface area contributed by atoms with Gasteiger partial charge in [0, 0.05) is 36.3 Å². The molecule has 0 aromatic heterocycles. The predicted molar refractivity (Wildman–Crippen MR) is 87.8 cm³/mol. The van der Waals surface area contributed by atoms with E-state index >= 15 is 0 Å². The smallest absolute Gasteiger partial charge is 0.264 e. The van der Waals surface area contributed by atoms with E-state index in [-0.39, 0.29) is 36.3 Å². The third-order valence-corrected chi connectivity index (χ3v) is 5.01. The number of piperazine rings is 1. The summed E-state index contributed by atoms with van der Waals surface area (Å²) in [6.45, 7) is -0.746. The number of carbonyl (C=O) groups is 2. The Balaban J connectivity index is 1.67. The molecule has 2 atom stereocenters.